The zero-order chi connectivity index (χ0) is 7.44. The number of carbonyl (C=O) groups is 2. The summed E-state index contributed by atoms with van der Waals surface area (Å²) in [5.41, 5.74) is 6.33. The molecule has 6 heteroatoms. The van der Waals surface area contributed by atoms with Gasteiger partial charge in [0, 0.05) is 13.8 Å². The summed E-state index contributed by atoms with van der Waals surface area (Å²) in [6.07, 6.45) is 0. The summed E-state index contributed by atoms with van der Waals surface area (Å²) < 4.78 is 0. The molecule has 0 saturated carbocycles. The third-order valence-corrected chi connectivity index (χ3v) is 0.697. The minimum absolute atomic E-state index is 0. The molecule has 0 aromatic rings. The summed E-state index contributed by atoms with van der Waals surface area (Å²) in [7, 11) is 0. The SMILES string of the molecule is CC(=O)N(N=N)C(C)=O.S. The van der Waals surface area contributed by atoms with Gasteiger partial charge < -0.3 is 0 Å². The van der Waals surface area contributed by atoms with E-state index >= 15 is 0 Å². The molecule has 0 aliphatic heterocycles. The molecule has 2 amide bonds. The first-order chi connectivity index (χ1) is 4.09. The number of hydrogen-bond donors (Lipinski definition) is 1. The van der Waals surface area contributed by atoms with Gasteiger partial charge in [-0.3, -0.25) is 9.59 Å². The van der Waals surface area contributed by atoms with Gasteiger partial charge in [-0.15, -0.1) is 5.01 Å². The number of hydrogen-bond acceptors (Lipinski definition) is 4. The molecule has 0 saturated heterocycles. The van der Waals surface area contributed by atoms with E-state index in [0.29, 0.717) is 5.01 Å². The number of carbonyl (C=O) groups excluding carboxylic acids is 2. The standard InChI is InChI=1S/C4H7N3O2.H2S/c1-3(8)7(6-5)4(2)9;/h5H,1-2H3;1H2. The van der Waals surface area contributed by atoms with Crippen molar-refractivity contribution in [1.82, 2.24) is 5.01 Å². The van der Waals surface area contributed by atoms with Gasteiger partial charge in [0.15, 0.2) is 0 Å². The van der Waals surface area contributed by atoms with Gasteiger partial charge in [-0.05, 0) is 0 Å². The lowest BCUT2D eigenvalue weighted by Gasteiger charge is -2.04. The van der Waals surface area contributed by atoms with Gasteiger partial charge in [0.1, 0.15) is 0 Å². The van der Waals surface area contributed by atoms with Gasteiger partial charge in [-0.1, -0.05) is 5.22 Å². The fourth-order valence-corrected chi connectivity index (χ4v) is 0.363. The van der Waals surface area contributed by atoms with E-state index in [2.05, 4.69) is 5.22 Å². The molecule has 10 heavy (non-hydrogen) atoms. The largest absolute Gasteiger partial charge is 0.273 e. The van der Waals surface area contributed by atoms with Crippen molar-refractivity contribution >= 4 is 25.3 Å². The predicted octanol–water partition coefficient (Wildman–Crippen LogP) is 0.440. The van der Waals surface area contributed by atoms with E-state index in [0.717, 1.165) is 0 Å². The Morgan fingerprint density at radius 1 is 1.30 bits per heavy atom. The zero-order valence-electron chi connectivity index (χ0n) is 5.71. The Balaban J connectivity index is 0. The van der Waals surface area contributed by atoms with Crippen LogP contribution in [0.25, 0.3) is 0 Å². The molecule has 58 valence electrons. The van der Waals surface area contributed by atoms with Crippen molar-refractivity contribution in [3.63, 3.8) is 0 Å². The lowest BCUT2D eigenvalue weighted by Crippen LogP contribution is -2.26. The molecule has 0 atom stereocenters. The Morgan fingerprint density at radius 2 is 1.60 bits per heavy atom. The average molecular weight is 163 g/mol. The number of nitrogens with zero attached hydrogens (tertiary/aromatic N) is 2. The molecule has 0 aromatic carbocycles. The van der Waals surface area contributed by atoms with Gasteiger partial charge in [-0.25, -0.2) is 0 Å². The van der Waals surface area contributed by atoms with Crippen molar-refractivity contribution in [3.8, 4) is 0 Å². The molecule has 0 radical (unpaired) electrons. The molecule has 0 heterocycles. The van der Waals surface area contributed by atoms with Crippen molar-refractivity contribution in [3.05, 3.63) is 0 Å². The van der Waals surface area contributed by atoms with E-state index in [1.54, 1.807) is 0 Å². The fourth-order valence-electron chi connectivity index (χ4n) is 0.363. The molecule has 0 aliphatic carbocycles. The highest BCUT2D eigenvalue weighted by atomic mass is 32.1. The average Bonchev–Trinajstić information content (AvgIpc) is 1.64. The van der Waals surface area contributed by atoms with E-state index in [1.165, 1.54) is 13.8 Å². The van der Waals surface area contributed by atoms with E-state index in [9.17, 15) is 9.59 Å². The molecule has 0 unspecified atom stereocenters. The van der Waals surface area contributed by atoms with Crippen molar-refractivity contribution in [2.45, 2.75) is 13.8 Å². The summed E-state index contributed by atoms with van der Waals surface area (Å²) in [5.74, 6) is -1.09. The van der Waals surface area contributed by atoms with Crippen LogP contribution >= 0.6 is 13.5 Å². The number of imide groups is 1. The molecule has 5 nitrogen and oxygen atoms in total. The molecular weight excluding hydrogens is 154 g/mol. The van der Waals surface area contributed by atoms with E-state index in [4.69, 9.17) is 5.53 Å². The lowest BCUT2D eigenvalue weighted by molar-refractivity contribution is -0.142. The lowest BCUT2D eigenvalue weighted by atomic mass is 10.6. The van der Waals surface area contributed by atoms with E-state index in [-0.39, 0.29) is 13.5 Å². The Kier molecular flexibility index (Phi) is 5.82. The summed E-state index contributed by atoms with van der Waals surface area (Å²) in [6.45, 7) is 2.33. The minimum Gasteiger partial charge on any atom is -0.273 e. The van der Waals surface area contributed by atoms with Gasteiger partial charge in [0.05, 0.1) is 0 Å². The third-order valence-electron chi connectivity index (χ3n) is 0.697. The van der Waals surface area contributed by atoms with Crippen molar-refractivity contribution in [1.29, 1.82) is 5.53 Å². The van der Waals surface area contributed by atoms with Crippen molar-refractivity contribution in [2.24, 2.45) is 5.22 Å². The van der Waals surface area contributed by atoms with Crippen LogP contribution < -0.4 is 0 Å². The predicted molar refractivity (Wildman–Crippen MR) is 38.7 cm³/mol. The van der Waals surface area contributed by atoms with Crippen LogP contribution in [0.1, 0.15) is 13.8 Å². The second kappa shape index (κ2) is 4.92. The zero-order valence-corrected chi connectivity index (χ0v) is 6.71. The molecular formula is C4H9N3O2S. The monoisotopic (exact) mass is 163 g/mol. The van der Waals surface area contributed by atoms with Gasteiger partial charge in [0.2, 0.25) is 11.8 Å². The quantitative estimate of drug-likeness (QED) is 0.450. The first kappa shape index (κ1) is 11.8. The maximum atomic E-state index is 10.3. The van der Waals surface area contributed by atoms with Crippen molar-refractivity contribution in [2.75, 3.05) is 0 Å². The van der Waals surface area contributed by atoms with E-state index < -0.39 is 11.8 Å². The molecule has 0 rings (SSSR count). The van der Waals surface area contributed by atoms with Crippen LogP contribution in [0.3, 0.4) is 0 Å². The normalized spacial score (nSPS) is 7.40. The summed E-state index contributed by atoms with van der Waals surface area (Å²) >= 11 is 0. The fraction of sp³-hybridized carbons (Fsp3) is 0.500. The van der Waals surface area contributed by atoms with Crippen LogP contribution in [0.5, 0.6) is 0 Å². The van der Waals surface area contributed by atoms with E-state index in [1.807, 2.05) is 0 Å². The van der Waals surface area contributed by atoms with Gasteiger partial charge >= 0.3 is 0 Å². The number of nitrogens with one attached hydrogen (secondary N) is 1. The maximum absolute atomic E-state index is 10.3. The topological polar surface area (TPSA) is 73.6 Å². The highest BCUT2D eigenvalue weighted by Crippen LogP contribution is 1.89. The van der Waals surface area contributed by atoms with Crippen molar-refractivity contribution < 1.29 is 9.59 Å². The summed E-state index contributed by atoms with van der Waals surface area (Å²) in [5, 5.41) is 3.14. The highest BCUT2D eigenvalue weighted by molar-refractivity contribution is 7.59. The molecule has 0 spiro atoms. The maximum Gasteiger partial charge on any atom is 0.248 e. The third kappa shape index (κ3) is 3.18. The minimum atomic E-state index is -0.544. The van der Waals surface area contributed by atoms with Crippen LogP contribution in [-0.4, -0.2) is 16.8 Å². The Hall–Kier alpha value is -0.910. The van der Waals surface area contributed by atoms with Crippen LogP contribution in [0.2, 0.25) is 0 Å². The summed E-state index contributed by atoms with van der Waals surface area (Å²) in [4.78, 5) is 20.6. The molecule has 0 bridgehead atoms. The highest BCUT2D eigenvalue weighted by Gasteiger charge is 2.10. The second-order valence-corrected chi connectivity index (χ2v) is 1.45. The van der Waals surface area contributed by atoms with Crippen LogP contribution in [-0.2, 0) is 9.59 Å². The second-order valence-electron chi connectivity index (χ2n) is 1.45. The van der Waals surface area contributed by atoms with Gasteiger partial charge in [-0.2, -0.15) is 19.0 Å². The Bertz CT molecular complexity index is 145. The molecule has 0 aromatic heterocycles. The Morgan fingerprint density at radius 3 is 1.60 bits per heavy atom. The first-order valence-electron chi connectivity index (χ1n) is 2.28. The van der Waals surface area contributed by atoms with Gasteiger partial charge in [0.25, 0.3) is 0 Å². The number of rotatable bonds is 1. The number of amides is 2. The molecule has 0 fully saturated rings. The Labute approximate surface area is 65.3 Å². The summed E-state index contributed by atoms with van der Waals surface area (Å²) in [6, 6.07) is 0. The van der Waals surface area contributed by atoms with Crippen LogP contribution in [0.15, 0.2) is 5.22 Å². The smallest absolute Gasteiger partial charge is 0.248 e. The first-order valence-corrected chi connectivity index (χ1v) is 2.28. The molecule has 0 aliphatic rings. The molecule has 1 N–H and O–H groups in total. The van der Waals surface area contributed by atoms with Crippen LogP contribution in [0, 0.1) is 5.53 Å². The van der Waals surface area contributed by atoms with Crippen LogP contribution in [0.4, 0.5) is 0 Å².